The van der Waals surface area contributed by atoms with E-state index < -0.39 is 0 Å². The van der Waals surface area contributed by atoms with Gasteiger partial charge in [0.1, 0.15) is 5.75 Å². The first kappa shape index (κ1) is 11.7. The molecule has 2 aromatic rings. The van der Waals surface area contributed by atoms with Crippen LogP contribution in [0.3, 0.4) is 0 Å². The normalized spacial score (nSPS) is 10.0. The van der Waals surface area contributed by atoms with Crippen LogP contribution in [0.1, 0.15) is 6.92 Å². The minimum absolute atomic E-state index is 0.342. The van der Waals surface area contributed by atoms with Gasteiger partial charge in [-0.1, -0.05) is 35.9 Å². The van der Waals surface area contributed by atoms with E-state index in [0.717, 1.165) is 11.1 Å². The Morgan fingerprint density at radius 1 is 1.29 bits per heavy atom. The monoisotopic (exact) mass is 245 g/mol. The van der Waals surface area contributed by atoms with Crippen LogP contribution >= 0.6 is 11.6 Å². The summed E-state index contributed by atoms with van der Waals surface area (Å²) in [5.74, 6) is 0.161. The molecule has 0 aliphatic heterocycles. The Morgan fingerprint density at radius 3 is 2.82 bits per heavy atom. The molecule has 0 atom stereocenters. The highest BCUT2D eigenvalue weighted by Gasteiger charge is 2.05. The summed E-state index contributed by atoms with van der Waals surface area (Å²) in [5.41, 5.74) is 1.66. The molecule has 0 heterocycles. The van der Waals surface area contributed by atoms with Gasteiger partial charge in [0, 0.05) is 17.5 Å². The van der Waals surface area contributed by atoms with E-state index in [4.69, 9.17) is 16.3 Å². The molecular weight excluding hydrogens is 236 g/mol. The lowest BCUT2D eigenvalue weighted by atomic mass is 10.1. The van der Waals surface area contributed by atoms with Gasteiger partial charge < -0.3 is 4.74 Å². The van der Waals surface area contributed by atoms with E-state index in [2.05, 4.69) is 6.07 Å². The number of benzene rings is 2. The van der Waals surface area contributed by atoms with Crippen molar-refractivity contribution >= 4 is 17.6 Å². The van der Waals surface area contributed by atoms with E-state index in [1.807, 2.05) is 18.2 Å². The van der Waals surface area contributed by atoms with Gasteiger partial charge in [-0.25, -0.2) is 0 Å². The first-order valence-corrected chi connectivity index (χ1v) is 5.49. The van der Waals surface area contributed by atoms with Crippen molar-refractivity contribution in [3.8, 4) is 16.9 Å². The van der Waals surface area contributed by atoms with Crippen LogP contribution in [0.15, 0.2) is 42.5 Å². The van der Waals surface area contributed by atoms with Crippen molar-refractivity contribution in [2.75, 3.05) is 0 Å². The van der Waals surface area contributed by atoms with Crippen molar-refractivity contribution in [3.63, 3.8) is 0 Å². The van der Waals surface area contributed by atoms with Crippen LogP contribution in [0.4, 0.5) is 0 Å². The molecule has 17 heavy (non-hydrogen) atoms. The van der Waals surface area contributed by atoms with E-state index >= 15 is 0 Å². The van der Waals surface area contributed by atoms with Crippen molar-refractivity contribution in [1.29, 1.82) is 0 Å². The quantitative estimate of drug-likeness (QED) is 0.595. The third-order valence-electron chi connectivity index (χ3n) is 2.19. The number of halogens is 1. The fourth-order valence-corrected chi connectivity index (χ4v) is 1.75. The molecule has 0 bridgehead atoms. The Morgan fingerprint density at radius 2 is 2.12 bits per heavy atom. The molecule has 0 aliphatic rings. The van der Waals surface area contributed by atoms with Gasteiger partial charge >= 0.3 is 5.97 Å². The van der Waals surface area contributed by atoms with Crippen molar-refractivity contribution in [2.45, 2.75) is 6.92 Å². The molecule has 0 fully saturated rings. The van der Waals surface area contributed by atoms with E-state index in [-0.39, 0.29) is 5.97 Å². The predicted octanol–water partition coefficient (Wildman–Crippen LogP) is 3.73. The maximum atomic E-state index is 10.9. The average molecular weight is 246 g/mol. The topological polar surface area (TPSA) is 26.3 Å². The zero-order valence-electron chi connectivity index (χ0n) is 9.24. The number of carbonyl (C=O) groups is 1. The highest BCUT2D eigenvalue weighted by atomic mass is 35.5. The Bertz CT molecular complexity index is 549. The number of rotatable bonds is 2. The number of carbonyl (C=O) groups excluding carboxylic acids is 1. The fraction of sp³-hybridized carbons (Fsp3) is 0.0714. The Labute approximate surface area is 105 Å². The molecule has 0 aromatic heterocycles. The third kappa shape index (κ3) is 2.86. The molecule has 0 N–H and O–H groups in total. The minimum Gasteiger partial charge on any atom is -0.427 e. The second-order valence-electron chi connectivity index (χ2n) is 3.51. The molecule has 2 aromatic carbocycles. The third-order valence-corrected chi connectivity index (χ3v) is 2.50. The minimum atomic E-state index is -0.342. The Hall–Kier alpha value is -1.80. The maximum absolute atomic E-state index is 10.9. The van der Waals surface area contributed by atoms with Gasteiger partial charge in [0.15, 0.2) is 0 Å². The predicted molar refractivity (Wildman–Crippen MR) is 67.0 cm³/mol. The summed E-state index contributed by atoms with van der Waals surface area (Å²) >= 11 is 6.08. The summed E-state index contributed by atoms with van der Waals surface area (Å²) in [6.45, 7) is 1.37. The van der Waals surface area contributed by atoms with Gasteiger partial charge in [0.2, 0.25) is 0 Å². The number of hydrogen-bond donors (Lipinski definition) is 0. The smallest absolute Gasteiger partial charge is 0.308 e. The molecule has 0 saturated heterocycles. The lowest BCUT2D eigenvalue weighted by Crippen LogP contribution is -2.01. The molecular formula is C14H10ClO2. The first-order valence-electron chi connectivity index (χ1n) is 5.12. The van der Waals surface area contributed by atoms with Crippen LogP contribution in [-0.2, 0) is 4.79 Å². The molecule has 0 aliphatic carbocycles. The SMILES string of the molecule is CC(=O)Oc1cccc(-c2[c]cccc2Cl)c1. The molecule has 2 nitrogen and oxygen atoms in total. The van der Waals surface area contributed by atoms with Crippen LogP contribution in [0.2, 0.25) is 5.02 Å². The van der Waals surface area contributed by atoms with Gasteiger partial charge in [-0.05, 0) is 29.8 Å². The fourth-order valence-electron chi connectivity index (χ4n) is 1.52. The van der Waals surface area contributed by atoms with E-state index in [1.165, 1.54) is 6.92 Å². The van der Waals surface area contributed by atoms with Gasteiger partial charge in [-0.3, -0.25) is 4.79 Å². The summed E-state index contributed by atoms with van der Waals surface area (Å²) < 4.78 is 5.02. The van der Waals surface area contributed by atoms with Crippen LogP contribution in [0.5, 0.6) is 5.75 Å². The molecule has 2 rings (SSSR count). The molecule has 0 amide bonds. The van der Waals surface area contributed by atoms with Gasteiger partial charge in [-0.2, -0.15) is 0 Å². The van der Waals surface area contributed by atoms with Gasteiger partial charge in [0.05, 0.1) is 0 Å². The van der Waals surface area contributed by atoms with E-state index in [0.29, 0.717) is 10.8 Å². The van der Waals surface area contributed by atoms with E-state index in [9.17, 15) is 4.79 Å². The molecule has 85 valence electrons. The summed E-state index contributed by atoms with van der Waals surface area (Å²) in [5, 5.41) is 0.618. The molecule has 0 spiro atoms. The number of ether oxygens (including phenoxy) is 1. The van der Waals surface area contributed by atoms with Crippen LogP contribution in [0, 0.1) is 6.07 Å². The Balaban J connectivity index is 2.40. The van der Waals surface area contributed by atoms with Gasteiger partial charge in [0.25, 0.3) is 0 Å². The summed E-state index contributed by atoms with van der Waals surface area (Å²) in [7, 11) is 0. The summed E-state index contributed by atoms with van der Waals surface area (Å²) in [6, 6.07) is 15.7. The van der Waals surface area contributed by atoms with Crippen LogP contribution < -0.4 is 4.74 Å². The molecule has 3 heteroatoms. The van der Waals surface area contributed by atoms with Crippen molar-refractivity contribution in [2.24, 2.45) is 0 Å². The van der Waals surface area contributed by atoms with Crippen LogP contribution in [-0.4, -0.2) is 5.97 Å². The Kier molecular flexibility index (Phi) is 3.45. The second-order valence-corrected chi connectivity index (χ2v) is 3.92. The highest BCUT2D eigenvalue weighted by molar-refractivity contribution is 6.33. The molecule has 1 radical (unpaired) electrons. The van der Waals surface area contributed by atoms with Crippen LogP contribution in [0.25, 0.3) is 11.1 Å². The van der Waals surface area contributed by atoms with Crippen molar-refractivity contribution < 1.29 is 9.53 Å². The molecule has 0 unspecified atom stereocenters. The average Bonchev–Trinajstić information content (AvgIpc) is 2.29. The highest BCUT2D eigenvalue weighted by Crippen LogP contribution is 2.29. The number of hydrogen-bond acceptors (Lipinski definition) is 2. The standard InChI is InChI=1S/C14H10ClO2/c1-10(16)17-12-6-4-5-11(9-12)13-7-2-3-8-14(13)15/h2-6,8-9H,1H3. The lowest BCUT2D eigenvalue weighted by molar-refractivity contribution is -0.131. The van der Waals surface area contributed by atoms with Crippen molar-refractivity contribution in [1.82, 2.24) is 0 Å². The zero-order chi connectivity index (χ0) is 12.3. The largest absolute Gasteiger partial charge is 0.427 e. The first-order chi connectivity index (χ1) is 8.16. The lowest BCUT2D eigenvalue weighted by Gasteiger charge is -2.06. The van der Waals surface area contributed by atoms with Gasteiger partial charge in [-0.15, -0.1) is 0 Å². The van der Waals surface area contributed by atoms with Crippen molar-refractivity contribution in [3.05, 3.63) is 53.6 Å². The molecule has 0 saturated carbocycles. The summed E-state index contributed by atoms with van der Waals surface area (Å²) in [4.78, 5) is 10.9. The van der Waals surface area contributed by atoms with E-state index in [1.54, 1.807) is 24.3 Å². The maximum Gasteiger partial charge on any atom is 0.308 e. The zero-order valence-corrected chi connectivity index (χ0v) is 9.99. The second kappa shape index (κ2) is 5.02. The summed E-state index contributed by atoms with van der Waals surface area (Å²) in [6.07, 6.45) is 0. The number of esters is 1.